The van der Waals surface area contributed by atoms with E-state index >= 15 is 0 Å². The number of ether oxygens (including phenoxy) is 1. The molecule has 0 spiro atoms. The van der Waals surface area contributed by atoms with Gasteiger partial charge in [-0.05, 0) is 27.2 Å². The second kappa shape index (κ2) is 6.50. The third kappa shape index (κ3) is 2.63. The molecule has 0 aliphatic carbocycles. The first-order valence-corrected chi connectivity index (χ1v) is 9.31. The van der Waals surface area contributed by atoms with Crippen LogP contribution in [0.2, 0.25) is 0 Å². The average Bonchev–Trinajstić information content (AvgIpc) is 3.36. The zero-order valence-electron chi connectivity index (χ0n) is 15.8. The van der Waals surface area contributed by atoms with Crippen LogP contribution in [-0.4, -0.2) is 55.1 Å². The molecule has 2 aliphatic rings. The molecule has 26 heavy (non-hydrogen) atoms. The van der Waals surface area contributed by atoms with Gasteiger partial charge in [-0.3, -0.25) is 9.48 Å². The molecule has 0 aromatic carbocycles. The van der Waals surface area contributed by atoms with E-state index in [1.54, 1.807) is 13.3 Å². The molecule has 0 radical (unpaired) electrons. The number of hydrogen-bond acceptors (Lipinski definition) is 5. The maximum absolute atomic E-state index is 13.3. The number of carbonyl (C=O) groups excluding carboxylic acids is 1. The van der Waals surface area contributed by atoms with Crippen molar-refractivity contribution in [1.29, 1.82) is 0 Å². The standard InChI is InChI=1S/C18H26N6O2/c1-11(2)24-12(3)14(9-19-24)18(25)23-10-13(26-4)8-15(23)17-21-20-16-6-5-7-22(16)17/h9,11,13,15H,5-8,10H2,1-4H3/t13-,15+/m1/s1. The molecule has 4 heterocycles. The van der Waals surface area contributed by atoms with Gasteiger partial charge in [0.05, 0.1) is 23.9 Å². The average molecular weight is 358 g/mol. The minimum Gasteiger partial charge on any atom is -0.380 e. The normalized spacial score (nSPS) is 22.4. The number of methoxy groups -OCH3 is 1. The Morgan fingerprint density at radius 2 is 2.15 bits per heavy atom. The van der Waals surface area contributed by atoms with E-state index in [2.05, 4.69) is 33.7 Å². The van der Waals surface area contributed by atoms with Crippen molar-refractivity contribution in [2.75, 3.05) is 13.7 Å². The van der Waals surface area contributed by atoms with Crippen LogP contribution in [0, 0.1) is 6.92 Å². The Bertz CT molecular complexity index is 824. The number of amides is 1. The summed E-state index contributed by atoms with van der Waals surface area (Å²) in [6.07, 6.45) is 4.49. The first kappa shape index (κ1) is 17.2. The molecule has 0 N–H and O–H groups in total. The molecule has 2 aromatic heterocycles. The highest BCUT2D eigenvalue weighted by Gasteiger charge is 2.41. The van der Waals surface area contributed by atoms with Gasteiger partial charge in [0, 0.05) is 44.8 Å². The molecule has 2 atom stereocenters. The molecule has 2 aliphatic heterocycles. The summed E-state index contributed by atoms with van der Waals surface area (Å²) in [5, 5.41) is 13.1. The van der Waals surface area contributed by atoms with Crippen LogP contribution in [0.1, 0.15) is 66.5 Å². The molecule has 1 fully saturated rings. The van der Waals surface area contributed by atoms with Crippen LogP contribution < -0.4 is 0 Å². The zero-order valence-corrected chi connectivity index (χ0v) is 15.8. The van der Waals surface area contributed by atoms with Crippen molar-refractivity contribution in [3.05, 3.63) is 29.1 Å². The van der Waals surface area contributed by atoms with E-state index in [9.17, 15) is 4.79 Å². The number of aromatic nitrogens is 5. The van der Waals surface area contributed by atoms with Gasteiger partial charge < -0.3 is 14.2 Å². The van der Waals surface area contributed by atoms with E-state index in [0.29, 0.717) is 12.1 Å². The summed E-state index contributed by atoms with van der Waals surface area (Å²) >= 11 is 0. The van der Waals surface area contributed by atoms with Gasteiger partial charge in [0.25, 0.3) is 5.91 Å². The van der Waals surface area contributed by atoms with Crippen molar-refractivity contribution in [1.82, 2.24) is 29.4 Å². The lowest BCUT2D eigenvalue weighted by molar-refractivity contribution is 0.0681. The van der Waals surface area contributed by atoms with Crippen molar-refractivity contribution in [3.8, 4) is 0 Å². The lowest BCUT2D eigenvalue weighted by atomic mass is 10.1. The van der Waals surface area contributed by atoms with Crippen LogP contribution in [-0.2, 0) is 17.7 Å². The third-order valence-electron chi connectivity index (χ3n) is 5.56. The Morgan fingerprint density at radius 1 is 1.35 bits per heavy atom. The molecule has 8 nitrogen and oxygen atoms in total. The number of likely N-dealkylation sites (tertiary alicyclic amines) is 1. The molecule has 1 saturated heterocycles. The Labute approximate surface area is 153 Å². The zero-order chi connectivity index (χ0) is 18.4. The summed E-state index contributed by atoms with van der Waals surface area (Å²) in [4.78, 5) is 15.2. The summed E-state index contributed by atoms with van der Waals surface area (Å²) in [6, 6.07) is 0.117. The lowest BCUT2D eigenvalue weighted by Crippen LogP contribution is -2.33. The molecule has 0 unspecified atom stereocenters. The van der Waals surface area contributed by atoms with E-state index in [1.165, 1.54) is 0 Å². The number of hydrogen-bond donors (Lipinski definition) is 0. The molecule has 4 rings (SSSR count). The monoisotopic (exact) mass is 358 g/mol. The van der Waals surface area contributed by atoms with E-state index in [-0.39, 0.29) is 24.1 Å². The number of fused-ring (bicyclic) bond motifs is 1. The van der Waals surface area contributed by atoms with Crippen molar-refractivity contribution >= 4 is 5.91 Å². The lowest BCUT2D eigenvalue weighted by Gasteiger charge is -2.24. The highest BCUT2D eigenvalue weighted by Crippen LogP contribution is 2.35. The molecule has 8 heteroatoms. The fourth-order valence-corrected chi connectivity index (χ4v) is 4.17. The highest BCUT2D eigenvalue weighted by molar-refractivity contribution is 5.95. The van der Waals surface area contributed by atoms with Gasteiger partial charge in [0.1, 0.15) is 5.82 Å². The molecular weight excluding hydrogens is 332 g/mol. The third-order valence-corrected chi connectivity index (χ3v) is 5.56. The smallest absolute Gasteiger partial charge is 0.258 e. The molecule has 2 aromatic rings. The first-order chi connectivity index (χ1) is 12.5. The van der Waals surface area contributed by atoms with Crippen molar-refractivity contribution in [2.24, 2.45) is 0 Å². The van der Waals surface area contributed by atoms with Gasteiger partial charge in [-0.25, -0.2) is 0 Å². The van der Waals surface area contributed by atoms with Crippen molar-refractivity contribution in [2.45, 2.75) is 64.8 Å². The topological polar surface area (TPSA) is 78.1 Å². The second-order valence-corrected chi connectivity index (χ2v) is 7.48. The molecule has 0 bridgehead atoms. The summed E-state index contributed by atoms with van der Waals surface area (Å²) in [7, 11) is 1.70. The van der Waals surface area contributed by atoms with Crippen molar-refractivity contribution < 1.29 is 9.53 Å². The number of nitrogens with zero attached hydrogens (tertiary/aromatic N) is 6. The van der Waals surface area contributed by atoms with Gasteiger partial charge >= 0.3 is 0 Å². The maximum Gasteiger partial charge on any atom is 0.258 e. The van der Waals surface area contributed by atoms with Crippen LogP contribution in [0.25, 0.3) is 0 Å². The highest BCUT2D eigenvalue weighted by atomic mass is 16.5. The SMILES string of the molecule is CO[C@@H]1C[C@@H](c2nnc3n2CCC3)N(C(=O)c2cnn(C(C)C)c2C)C1. The molecule has 0 saturated carbocycles. The Morgan fingerprint density at radius 3 is 2.85 bits per heavy atom. The van der Waals surface area contributed by atoms with Gasteiger partial charge in [-0.2, -0.15) is 5.10 Å². The predicted molar refractivity (Wildman–Crippen MR) is 94.9 cm³/mol. The number of carbonyl (C=O) groups is 1. The van der Waals surface area contributed by atoms with Gasteiger partial charge in [-0.15, -0.1) is 10.2 Å². The maximum atomic E-state index is 13.3. The van der Waals surface area contributed by atoms with Crippen molar-refractivity contribution in [3.63, 3.8) is 0 Å². The van der Waals surface area contributed by atoms with E-state index in [0.717, 1.165) is 43.1 Å². The van der Waals surface area contributed by atoms with Crippen LogP contribution in [0.3, 0.4) is 0 Å². The summed E-state index contributed by atoms with van der Waals surface area (Å²) < 4.78 is 9.64. The van der Waals surface area contributed by atoms with Crippen LogP contribution in [0.4, 0.5) is 0 Å². The largest absolute Gasteiger partial charge is 0.380 e. The van der Waals surface area contributed by atoms with Crippen LogP contribution in [0.15, 0.2) is 6.20 Å². The second-order valence-electron chi connectivity index (χ2n) is 7.48. The summed E-state index contributed by atoms with van der Waals surface area (Å²) in [5.74, 6) is 1.91. The first-order valence-electron chi connectivity index (χ1n) is 9.31. The minimum atomic E-state index is -0.103. The molecule has 140 valence electrons. The van der Waals surface area contributed by atoms with Gasteiger partial charge in [0.15, 0.2) is 5.82 Å². The van der Waals surface area contributed by atoms with Gasteiger partial charge in [0.2, 0.25) is 0 Å². The quantitative estimate of drug-likeness (QED) is 0.834. The predicted octanol–water partition coefficient (Wildman–Crippen LogP) is 1.91. The molecular formula is C18H26N6O2. The number of rotatable bonds is 4. The Balaban J connectivity index is 1.67. The minimum absolute atomic E-state index is 0.00528. The van der Waals surface area contributed by atoms with Crippen LogP contribution in [0.5, 0.6) is 0 Å². The Hall–Kier alpha value is -2.22. The molecule has 1 amide bonds. The van der Waals surface area contributed by atoms with E-state index in [4.69, 9.17) is 4.74 Å². The fraction of sp³-hybridized carbons (Fsp3) is 0.667. The fourth-order valence-electron chi connectivity index (χ4n) is 4.17. The Kier molecular flexibility index (Phi) is 4.30. The van der Waals surface area contributed by atoms with E-state index in [1.807, 2.05) is 16.5 Å². The summed E-state index contributed by atoms with van der Waals surface area (Å²) in [6.45, 7) is 7.57. The van der Waals surface area contributed by atoms with E-state index < -0.39 is 0 Å². The number of aryl methyl sites for hydroxylation is 1. The summed E-state index contributed by atoms with van der Waals surface area (Å²) in [5.41, 5.74) is 1.55. The van der Waals surface area contributed by atoms with Crippen LogP contribution >= 0.6 is 0 Å². The van der Waals surface area contributed by atoms with Gasteiger partial charge in [-0.1, -0.05) is 0 Å².